The van der Waals surface area contributed by atoms with E-state index in [1.54, 1.807) is 0 Å². The Balaban J connectivity index is 3.56. The van der Waals surface area contributed by atoms with Gasteiger partial charge in [-0.2, -0.15) is 0 Å². The number of halogens is 1. The summed E-state index contributed by atoms with van der Waals surface area (Å²) in [4.78, 5) is 19.3. The minimum atomic E-state index is 0.0806. The van der Waals surface area contributed by atoms with Crippen LogP contribution in [-0.2, 0) is 9.59 Å². The standard InChI is InChI=1S/C5H5ClO2/c6-5(4-8)2-1-3-7/h2-4H,1H2/b5-2-. The Bertz CT molecular complexity index is 118. The maximum Gasteiger partial charge on any atom is 0.161 e. The minimum Gasteiger partial charge on any atom is -0.303 e. The number of aldehydes is 2. The van der Waals surface area contributed by atoms with E-state index in [1.807, 2.05) is 0 Å². The van der Waals surface area contributed by atoms with Crippen LogP contribution in [0.25, 0.3) is 0 Å². The van der Waals surface area contributed by atoms with Gasteiger partial charge in [0.1, 0.15) is 6.29 Å². The minimum absolute atomic E-state index is 0.0806. The van der Waals surface area contributed by atoms with Gasteiger partial charge in [0, 0.05) is 6.42 Å². The maximum atomic E-state index is 9.69. The molecule has 0 unspecified atom stereocenters. The number of carbonyl (C=O) groups is 2. The highest BCUT2D eigenvalue weighted by Crippen LogP contribution is 1.95. The summed E-state index contributed by atoms with van der Waals surface area (Å²) in [6, 6.07) is 0. The first-order valence-electron chi connectivity index (χ1n) is 2.05. The third-order valence-electron chi connectivity index (χ3n) is 0.522. The molecule has 0 fully saturated rings. The highest BCUT2D eigenvalue weighted by atomic mass is 35.5. The smallest absolute Gasteiger partial charge is 0.161 e. The lowest BCUT2D eigenvalue weighted by Crippen LogP contribution is -1.72. The van der Waals surface area contributed by atoms with Gasteiger partial charge in [-0.3, -0.25) is 4.79 Å². The molecule has 0 radical (unpaired) electrons. The molecule has 0 saturated carbocycles. The second-order valence-electron chi connectivity index (χ2n) is 1.11. The van der Waals surface area contributed by atoms with Gasteiger partial charge in [0.05, 0.1) is 5.03 Å². The molecule has 2 nitrogen and oxygen atoms in total. The summed E-state index contributed by atoms with van der Waals surface area (Å²) in [5, 5.41) is 0.0806. The van der Waals surface area contributed by atoms with Crippen molar-refractivity contribution in [3.05, 3.63) is 11.1 Å². The van der Waals surface area contributed by atoms with Crippen LogP contribution in [0.15, 0.2) is 11.1 Å². The first-order chi connectivity index (χ1) is 3.81. The van der Waals surface area contributed by atoms with Gasteiger partial charge in [-0.1, -0.05) is 17.7 Å². The molecule has 0 aromatic heterocycles. The molecule has 0 saturated heterocycles. The van der Waals surface area contributed by atoms with Gasteiger partial charge in [0.25, 0.3) is 0 Å². The monoisotopic (exact) mass is 132 g/mol. The Morgan fingerprint density at radius 1 is 1.50 bits per heavy atom. The lowest BCUT2D eigenvalue weighted by molar-refractivity contribution is -0.107. The Morgan fingerprint density at radius 2 is 2.12 bits per heavy atom. The fourth-order valence-electron chi connectivity index (χ4n) is 0.209. The predicted octanol–water partition coefficient (Wildman–Crippen LogP) is 0.897. The third-order valence-corrected chi connectivity index (χ3v) is 0.765. The number of carbonyl (C=O) groups excluding carboxylic acids is 2. The van der Waals surface area contributed by atoms with E-state index in [4.69, 9.17) is 11.6 Å². The van der Waals surface area contributed by atoms with Gasteiger partial charge < -0.3 is 4.79 Å². The van der Waals surface area contributed by atoms with Crippen molar-refractivity contribution in [3.8, 4) is 0 Å². The Morgan fingerprint density at radius 3 is 2.50 bits per heavy atom. The van der Waals surface area contributed by atoms with Crippen LogP contribution < -0.4 is 0 Å². The normalized spacial score (nSPS) is 10.9. The van der Waals surface area contributed by atoms with Crippen LogP contribution >= 0.6 is 11.6 Å². The van der Waals surface area contributed by atoms with Gasteiger partial charge in [-0.25, -0.2) is 0 Å². The van der Waals surface area contributed by atoms with Crippen molar-refractivity contribution in [3.63, 3.8) is 0 Å². The van der Waals surface area contributed by atoms with E-state index in [0.717, 1.165) is 0 Å². The Hall–Kier alpha value is -0.630. The fourth-order valence-corrected chi connectivity index (χ4v) is 0.298. The van der Waals surface area contributed by atoms with Crippen LogP contribution in [0.2, 0.25) is 0 Å². The zero-order chi connectivity index (χ0) is 6.41. The Kier molecular flexibility index (Phi) is 4.17. The van der Waals surface area contributed by atoms with Crippen molar-refractivity contribution in [2.45, 2.75) is 6.42 Å². The predicted molar refractivity (Wildman–Crippen MR) is 30.7 cm³/mol. The number of hydrogen-bond donors (Lipinski definition) is 0. The Labute approximate surface area is 52.1 Å². The van der Waals surface area contributed by atoms with E-state index in [1.165, 1.54) is 6.08 Å². The first-order valence-corrected chi connectivity index (χ1v) is 2.43. The molecule has 0 rings (SSSR count). The van der Waals surface area contributed by atoms with Crippen molar-refractivity contribution in [1.82, 2.24) is 0 Å². The van der Waals surface area contributed by atoms with Crippen LogP contribution in [0.4, 0.5) is 0 Å². The summed E-state index contributed by atoms with van der Waals surface area (Å²) in [7, 11) is 0. The molecular weight excluding hydrogens is 128 g/mol. The van der Waals surface area contributed by atoms with Crippen LogP contribution in [0, 0.1) is 0 Å². The summed E-state index contributed by atoms with van der Waals surface area (Å²) >= 11 is 5.18. The second-order valence-corrected chi connectivity index (χ2v) is 1.55. The molecule has 0 aliphatic heterocycles. The number of allylic oxidation sites excluding steroid dienone is 2. The van der Waals surface area contributed by atoms with Crippen LogP contribution in [0.3, 0.4) is 0 Å². The van der Waals surface area contributed by atoms with Gasteiger partial charge >= 0.3 is 0 Å². The zero-order valence-electron chi connectivity index (χ0n) is 4.13. The van der Waals surface area contributed by atoms with Crippen molar-refractivity contribution in [1.29, 1.82) is 0 Å². The molecule has 0 aliphatic carbocycles. The van der Waals surface area contributed by atoms with Crippen molar-refractivity contribution in [2.24, 2.45) is 0 Å². The van der Waals surface area contributed by atoms with Crippen LogP contribution in [-0.4, -0.2) is 12.6 Å². The molecule has 44 valence electrons. The van der Waals surface area contributed by atoms with E-state index in [9.17, 15) is 9.59 Å². The summed E-state index contributed by atoms with van der Waals surface area (Å²) in [6.07, 6.45) is 2.72. The van der Waals surface area contributed by atoms with E-state index in [2.05, 4.69) is 0 Å². The summed E-state index contributed by atoms with van der Waals surface area (Å²) in [5.74, 6) is 0. The average molecular weight is 133 g/mol. The first kappa shape index (κ1) is 7.37. The van der Waals surface area contributed by atoms with Crippen LogP contribution in [0.5, 0.6) is 0 Å². The molecule has 0 amide bonds. The highest BCUT2D eigenvalue weighted by molar-refractivity contribution is 6.38. The van der Waals surface area contributed by atoms with Crippen LogP contribution in [0.1, 0.15) is 6.42 Å². The van der Waals surface area contributed by atoms with E-state index >= 15 is 0 Å². The lowest BCUT2D eigenvalue weighted by Gasteiger charge is -1.76. The fraction of sp³-hybridized carbons (Fsp3) is 0.200. The highest BCUT2D eigenvalue weighted by Gasteiger charge is 1.82. The van der Waals surface area contributed by atoms with Crippen molar-refractivity contribution < 1.29 is 9.59 Å². The van der Waals surface area contributed by atoms with Gasteiger partial charge in [-0.15, -0.1) is 0 Å². The number of rotatable bonds is 3. The number of hydrogen-bond acceptors (Lipinski definition) is 2. The van der Waals surface area contributed by atoms with Gasteiger partial charge in [0.15, 0.2) is 6.29 Å². The van der Waals surface area contributed by atoms with Gasteiger partial charge in [-0.05, 0) is 0 Å². The molecule has 0 N–H and O–H groups in total. The molecule has 0 aromatic carbocycles. The topological polar surface area (TPSA) is 34.1 Å². The summed E-state index contributed by atoms with van der Waals surface area (Å²) < 4.78 is 0. The molecule has 0 aliphatic rings. The second kappa shape index (κ2) is 4.53. The quantitative estimate of drug-likeness (QED) is 0.422. The SMILES string of the molecule is O=CC/C=C(\Cl)C=O. The maximum absolute atomic E-state index is 9.69. The van der Waals surface area contributed by atoms with E-state index in [-0.39, 0.29) is 11.5 Å². The van der Waals surface area contributed by atoms with Crippen molar-refractivity contribution in [2.75, 3.05) is 0 Å². The van der Waals surface area contributed by atoms with Crippen molar-refractivity contribution >= 4 is 24.2 Å². The molecule has 8 heavy (non-hydrogen) atoms. The third kappa shape index (κ3) is 3.56. The lowest BCUT2D eigenvalue weighted by atomic mass is 10.4. The largest absolute Gasteiger partial charge is 0.303 e. The molecule has 0 atom stereocenters. The molecule has 3 heteroatoms. The molecule has 0 heterocycles. The molecule has 0 bridgehead atoms. The molecule has 0 spiro atoms. The molecular formula is C5H5ClO2. The van der Waals surface area contributed by atoms with E-state index in [0.29, 0.717) is 12.6 Å². The zero-order valence-corrected chi connectivity index (χ0v) is 4.89. The summed E-state index contributed by atoms with van der Waals surface area (Å²) in [6.45, 7) is 0. The average Bonchev–Trinajstić information content (AvgIpc) is 1.83. The van der Waals surface area contributed by atoms with E-state index < -0.39 is 0 Å². The summed E-state index contributed by atoms with van der Waals surface area (Å²) in [5.41, 5.74) is 0. The molecule has 0 aromatic rings. The van der Waals surface area contributed by atoms with Gasteiger partial charge in [0.2, 0.25) is 0 Å².